The zero-order valence-electron chi connectivity index (χ0n) is 15.7. The lowest BCUT2D eigenvalue weighted by molar-refractivity contribution is 0.0981. The number of amides is 1. The summed E-state index contributed by atoms with van der Waals surface area (Å²) in [4.78, 5) is 11.2. The van der Waals surface area contributed by atoms with Gasteiger partial charge in [0.1, 0.15) is 9.79 Å². The molecule has 0 unspecified atom stereocenters. The van der Waals surface area contributed by atoms with E-state index in [-0.39, 0.29) is 5.56 Å². The van der Waals surface area contributed by atoms with Gasteiger partial charge in [0, 0.05) is 21.7 Å². The fourth-order valence-electron chi connectivity index (χ4n) is 2.53. The maximum atomic E-state index is 12.5. The van der Waals surface area contributed by atoms with E-state index in [1.54, 1.807) is 36.4 Å². The van der Waals surface area contributed by atoms with E-state index < -0.39 is 35.7 Å². The summed E-state index contributed by atoms with van der Waals surface area (Å²) in [6.45, 7) is 0. The first-order valence-electron chi connectivity index (χ1n) is 8.63. The molecule has 0 saturated carbocycles. The number of carbonyl (C=O) groups is 1. The minimum atomic E-state index is -4.48. The molecule has 3 aromatic carbocycles. The van der Waals surface area contributed by atoms with Crippen molar-refractivity contribution in [2.75, 3.05) is 0 Å². The minimum absolute atomic E-state index is 0.0497. The Bertz CT molecular complexity index is 1410. The number of primary sulfonamides is 1. The lowest BCUT2D eigenvalue weighted by atomic mass is 10.1. The number of nitrogens with two attached hydrogens (primary N) is 1. The number of nitrogens with one attached hydrogen (secondary N) is 1. The van der Waals surface area contributed by atoms with E-state index in [0.717, 1.165) is 17.7 Å². The summed E-state index contributed by atoms with van der Waals surface area (Å²) in [5.74, 6) is 4.94. The van der Waals surface area contributed by atoms with Crippen LogP contribution in [-0.4, -0.2) is 22.7 Å². The Hall–Kier alpha value is -3.16. The first-order valence-corrected chi connectivity index (χ1v) is 12.0. The molecule has 0 saturated heterocycles. The van der Waals surface area contributed by atoms with Gasteiger partial charge in [-0.2, -0.15) is 0 Å². The van der Waals surface area contributed by atoms with Gasteiger partial charge in [0.15, 0.2) is 0 Å². The van der Waals surface area contributed by atoms with Crippen molar-refractivity contribution in [1.82, 2.24) is 4.72 Å². The molecule has 0 aliphatic carbocycles. The van der Waals surface area contributed by atoms with Gasteiger partial charge >= 0.3 is 0 Å². The SMILES string of the molecule is NS(=O)(=O)c1ccccc1S(=O)(=O)NC(=O)c1ccc(C#Cc2ccc(Cl)cc2)cc1. The average molecular weight is 475 g/mol. The summed E-state index contributed by atoms with van der Waals surface area (Å²) in [6.07, 6.45) is 0. The lowest BCUT2D eigenvalue weighted by Gasteiger charge is -2.10. The smallest absolute Gasteiger partial charge is 0.265 e. The molecule has 0 aliphatic heterocycles. The van der Waals surface area contributed by atoms with Crippen LogP contribution in [0.2, 0.25) is 5.02 Å². The second-order valence-corrected chi connectivity index (χ2v) is 9.88. The summed E-state index contributed by atoms with van der Waals surface area (Å²) < 4.78 is 50.3. The van der Waals surface area contributed by atoms with Gasteiger partial charge in [0.25, 0.3) is 15.9 Å². The molecule has 31 heavy (non-hydrogen) atoms. The molecule has 3 aromatic rings. The maximum Gasteiger partial charge on any atom is 0.265 e. The summed E-state index contributed by atoms with van der Waals surface area (Å²) in [6, 6.07) is 17.6. The van der Waals surface area contributed by atoms with E-state index in [1.807, 2.05) is 4.72 Å². The molecule has 10 heteroatoms. The van der Waals surface area contributed by atoms with Crippen molar-refractivity contribution in [3.8, 4) is 11.8 Å². The van der Waals surface area contributed by atoms with E-state index in [9.17, 15) is 21.6 Å². The van der Waals surface area contributed by atoms with E-state index in [1.165, 1.54) is 24.3 Å². The molecule has 0 aliphatic rings. The molecule has 7 nitrogen and oxygen atoms in total. The van der Waals surface area contributed by atoms with Crippen molar-refractivity contribution in [2.45, 2.75) is 9.79 Å². The first kappa shape index (κ1) is 22.5. The molecular formula is C21H15ClN2O5S2. The Balaban J connectivity index is 1.79. The molecule has 0 atom stereocenters. The highest BCUT2D eigenvalue weighted by Crippen LogP contribution is 2.19. The van der Waals surface area contributed by atoms with E-state index in [4.69, 9.17) is 16.7 Å². The van der Waals surface area contributed by atoms with Crippen LogP contribution in [0.1, 0.15) is 21.5 Å². The number of benzene rings is 3. The zero-order valence-corrected chi connectivity index (χ0v) is 18.1. The van der Waals surface area contributed by atoms with Gasteiger partial charge in [0.2, 0.25) is 10.0 Å². The quantitative estimate of drug-likeness (QED) is 0.562. The van der Waals surface area contributed by atoms with Gasteiger partial charge in [0.05, 0.1) is 0 Å². The Labute approximate surface area is 185 Å². The van der Waals surface area contributed by atoms with Crippen LogP contribution < -0.4 is 9.86 Å². The highest BCUT2D eigenvalue weighted by atomic mass is 35.5. The number of hydrogen-bond donors (Lipinski definition) is 2. The van der Waals surface area contributed by atoms with Gasteiger partial charge in [-0.15, -0.1) is 0 Å². The molecule has 0 fully saturated rings. The van der Waals surface area contributed by atoms with Gasteiger partial charge in [-0.25, -0.2) is 26.7 Å². The van der Waals surface area contributed by atoms with E-state index >= 15 is 0 Å². The summed E-state index contributed by atoms with van der Waals surface area (Å²) in [7, 11) is -8.79. The predicted octanol–water partition coefficient (Wildman–Crippen LogP) is 2.51. The van der Waals surface area contributed by atoms with Crippen LogP contribution in [0, 0.1) is 11.8 Å². The highest BCUT2D eigenvalue weighted by molar-refractivity contribution is 7.92. The average Bonchev–Trinajstić information content (AvgIpc) is 2.73. The number of rotatable bonds is 4. The van der Waals surface area contributed by atoms with Gasteiger partial charge < -0.3 is 0 Å². The lowest BCUT2D eigenvalue weighted by Crippen LogP contribution is -2.32. The van der Waals surface area contributed by atoms with Crippen molar-refractivity contribution in [3.05, 3.63) is 94.5 Å². The molecule has 0 radical (unpaired) electrons. The number of hydrogen-bond acceptors (Lipinski definition) is 5. The standard InChI is InChI=1S/C21H15ClN2O5S2/c22-18-13-9-16(10-14-18)6-5-15-7-11-17(12-8-15)21(25)24-31(28,29)20-4-2-1-3-19(20)30(23,26)27/h1-4,7-14H,(H,24,25)(H2,23,26,27). The van der Waals surface area contributed by atoms with Crippen molar-refractivity contribution >= 4 is 37.6 Å². The monoisotopic (exact) mass is 474 g/mol. The molecule has 3 rings (SSSR count). The predicted molar refractivity (Wildman–Crippen MR) is 116 cm³/mol. The molecule has 0 bridgehead atoms. The van der Waals surface area contributed by atoms with Crippen LogP contribution in [-0.2, 0) is 20.0 Å². The zero-order chi connectivity index (χ0) is 22.6. The number of sulfonamides is 2. The van der Waals surface area contributed by atoms with Crippen LogP contribution in [0.3, 0.4) is 0 Å². The number of carbonyl (C=O) groups excluding carboxylic acids is 1. The Morgan fingerprint density at radius 3 is 1.77 bits per heavy atom. The van der Waals surface area contributed by atoms with Crippen molar-refractivity contribution in [1.29, 1.82) is 0 Å². The fourth-order valence-corrected chi connectivity index (χ4v) is 5.01. The second kappa shape index (κ2) is 8.91. The van der Waals surface area contributed by atoms with Gasteiger partial charge in [-0.3, -0.25) is 4.79 Å². The van der Waals surface area contributed by atoms with Crippen LogP contribution in [0.5, 0.6) is 0 Å². The Kier molecular flexibility index (Phi) is 6.48. The molecule has 3 N–H and O–H groups in total. The third-order valence-corrected chi connectivity index (χ3v) is 6.75. The molecule has 1 amide bonds. The Morgan fingerprint density at radius 2 is 1.26 bits per heavy atom. The third kappa shape index (κ3) is 5.71. The van der Waals surface area contributed by atoms with Crippen LogP contribution >= 0.6 is 11.6 Å². The van der Waals surface area contributed by atoms with Crippen molar-refractivity contribution in [2.24, 2.45) is 5.14 Å². The topological polar surface area (TPSA) is 123 Å². The molecule has 158 valence electrons. The van der Waals surface area contributed by atoms with Crippen LogP contribution in [0.15, 0.2) is 82.6 Å². The third-order valence-electron chi connectivity index (χ3n) is 4.01. The molecular weight excluding hydrogens is 460 g/mol. The van der Waals surface area contributed by atoms with Gasteiger partial charge in [-0.05, 0) is 60.7 Å². The highest BCUT2D eigenvalue weighted by Gasteiger charge is 2.26. The van der Waals surface area contributed by atoms with Crippen LogP contribution in [0.25, 0.3) is 0 Å². The van der Waals surface area contributed by atoms with E-state index in [2.05, 4.69) is 11.8 Å². The molecule has 0 heterocycles. The van der Waals surface area contributed by atoms with Crippen molar-refractivity contribution in [3.63, 3.8) is 0 Å². The Morgan fingerprint density at radius 1 is 0.774 bits per heavy atom. The maximum absolute atomic E-state index is 12.5. The fraction of sp³-hybridized carbons (Fsp3) is 0. The number of halogens is 1. The van der Waals surface area contributed by atoms with E-state index in [0.29, 0.717) is 10.6 Å². The summed E-state index contributed by atoms with van der Waals surface area (Å²) in [5, 5.41) is 5.67. The minimum Gasteiger partial charge on any atom is -0.268 e. The molecule has 0 aromatic heterocycles. The molecule has 0 spiro atoms. The van der Waals surface area contributed by atoms with Crippen LogP contribution in [0.4, 0.5) is 0 Å². The van der Waals surface area contributed by atoms with Crippen molar-refractivity contribution < 1.29 is 21.6 Å². The summed E-state index contributed by atoms with van der Waals surface area (Å²) >= 11 is 5.83. The summed E-state index contributed by atoms with van der Waals surface area (Å²) in [5.41, 5.74) is 1.41. The van der Waals surface area contributed by atoms with Gasteiger partial charge in [-0.1, -0.05) is 35.6 Å². The normalized spacial score (nSPS) is 11.3. The second-order valence-electron chi connectivity index (χ2n) is 6.26. The first-order chi connectivity index (χ1) is 14.6. The largest absolute Gasteiger partial charge is 0.268 e.